The number of fused-ring (bicyclic) bond motifs is 1. The van der Waals surface area contributed by atoms with Crippen molar-refractivity contribution in [3.63, 3.8) is 0 Å². The molecule has 1 fully saturated rings. The number of hydrogen-bond acceptors (Lipinski definition) is 6. The first-order valence-corrected chi connectivity index (χ1v) is 11.6. The fourth-order valence-electron chi connectivity index (χ4n) is 3.82. The van der Waals surface area contributed by atoms with Crippen LogP contribution in [0.15, 0.2) is 17.5 Å². The number of hydrogen-bond donors (Lipinski definition) is 1. The topological polar surface area (TPSA) is 65.5 Å². The average Bonchev–Trinajstić information content (AvgIpc) is 3.40. The Morgan fingerprint density at radius 1 is 1.29 bits per heavy atom. The quantitative estimate of drug-likeness (QED) is 0.811. The van der Waals surface area contributed by atoms with Crippen LogP contribution in [0.25, 0.3) is 0 Å². The van der Waals surface area contributed by atoms with Gasteiger partial charge in [0.2, 0.25) is 11.8 Å². The molecule has 0 unspecified atom stereocenters. The molecule has 4 rings (SSSR count). The van der Waals surface area contributed by atoms with E-state index in [1.807, 2.05) is 29.3 Å². The van der Waals surface area contributed by atoms with Gasteiger partial charge in [0.1, 0.15) is 0 Å². The number of carbonyl (C=O) groups is 2. The normalized spacial score (nSPS) is 19.4. The lowest BCUT2D eigenvalue weighted by atomic mass is 9.90. The fourth-order valence-corrected chi connectivity index (χ4v) is 5.71. The van der Waals surface area contributed by atoms with Crippen molar-refractivity contribution in [3.05, 3.63) is 33.0 Å². The highest BCUT2D eigenvalue weighted by atomic mass is 32.1. The van der Waals surface area contributed by atoms with Crippen LogP contribution in [0.3, 0.4) is 0 Å². The van der Waals surface area contributed by atoms with Gasteiger partial charge in [0.05, 0.1) is 12.2 Å². The van der Waals surface area contributed by atoms with E-state index in [9.17, 15) is 9.59 Å². The Morgan fingerprint density at radius 3 is 2.82 bits per heavy atom. The summed E-state index contributed by atoms with van der Waals surface area (Å²) >= 11 is 3.40. The first-order valence-electron chi connectivity index (χ1n) is 9.95. The summed E-state index contributed by atoms with van der Waals surface area (Å²) in [5.41, 5.74) is 1.16. The van der Waals surface area contributed by atoms with E-state index in [1.165, 1.54) is 9.75 Å². The highest BCUT2D eigenvalue weighted by Gasteiger charge is 2.29. The maximum Gasteiger partial charge on any atom is 0.223 e. The van der Waals surface area contributed by atoms with Gasteiger partial charge in [0.15, 0.2) is 5.13 Å². The SMILES string of the molecule is CCC(=O)N1CCN(c2nc3c(s2)C[C@H](C(=O)NCc2cccs2)CC3)CC1. The van der Waals surface area contributed by atoms with Gasteiger partial charge in [-0.3, -0.25) is 9.59 Å². The number of nitrogens with one attached hydrogen (secondary N) is 1. The smallest absolute Gasteiger partial charge is 0.223 e. The molecule has 1 saturated heterocycles. The van der Waals surface area contributed by atoms with E-state index in [2.05, 4.69) is 10.2 Å². The lowest BCUT2D eigenvalue weighted by Gasteiger charge is -2.34. The second-order valence-corrected chi connectivity index (χ2v) is 9.42. The minimum absolute atomic E-state index is 0.0415. The third-order valence-corrected chi connectivity index (χ3v) is 7.58. The number of rotatable bonds is 5. The molecule has 2 aromatic heterocycles. The molecule has 1 atom stereocenters. The van der Waals surface area contributed by atoms with Crippen LogP contribution < -0.4 is 10.2 Å². The predicted molar refractivity (Wildman–Crippen MR) is 113 cm³/mol. The molecule has 0 saturated carbocycles. The maximum atomic E-state index is 12.6. The molecule has 6 nitrogen and oxygen atoms in total. The third-order valence-electron chi connectivity index (χ3n) is 5.52. The Kier molecular flexibility index (Phi) is 5.96. The van der Waals surface area contributed by atoms with Gasteiger partial charge >= 0.3 is 0 Å². The lowest BCUT2D eigenvalue weighted by Crippen LogP contribution is -2.48. The van der Waals surface area contributed by atoms with Crippen molar-refractivity contribution in [2.24, 2.45) is 5.92 Å². The molecule has 0 aromatic carbocycles. The Labute approximate surface area is 173 Å². The number of carbonyl (C=O) groups excluding carboxylic acids is 2. The largest absolute Gasteiger partial charge is 0.351 e. The first kappa shape index (κ1) is 19.4. The molecule has 0 radical (unpaired) electrons. The Bertz CT molecular complexity index is 825. The lowest BCUT2D eigenvalue weighted by molar-refractivity contribution is -0.131. The molecule has 2 aliphatic rings. The van der Waals surface area contributed by atoms with Crippen LogP contribution in [0.4, 0.5) is 5.13 Å². The van der Waals surface area contributed by atoms with Crippen LogP contribution in [0.5, 0.6) is 0 Å². The van der Waals surface area contributed by atoms with Crippen molar-refractivity contribution < 1.29 is 9.59 Å². The molecule has 1 N–H and O–H groups in total. The Balaban J connectivity index is 1.33. The molecule has 28 heavy (non-hydrogen) atoms. The van der Waals surface area contributed by atoms with Crippen molar-refractivity contribution in [3.8, 4) is 0 Å². The molecule has 0 spiro atoms. The van der Waals surface area contributed by atoms with Gasteiger partial charge in [0, 0.05) is 48.3 Å². The number of aryl methyl sites for hydroxylation is 1. The Morgan fingerprint density at radius 2 is 2.11 bits per heavy atom. The minimum atomic E-state index is 0.0415. The zero-order valence-electron chi connectivity index (χ0n) is 16.1. The van der Waals surface area contributed by atoms with Crippen LogP contribution in [0.1, 0.15) is 35.2 Å². The van der Waals surface area contributed by atoms with Crippen LogP contribution in [0, 0.1) is 5.92 Å². The van der Waals surface area contributed by atoms with Gasteiger partial charge in [-0.2, -0.15) is 0 Å². The van der Waals surface area contributed by atoms with Crippen LogP contribution in [0.2, 0.25) is 0 Å². The second kappa shape index (κ2) is 8.61. The summed E-state index contributed by atoms with van der Waals surface area (Å²) in [5.74, 6) is 0.426. The van der Waals surface area contributed by atoms with Crippen molar-refractivity contribution >= 4 is 39.6 Å². The molecule has 1 aliphatic heterocycles. The molecular formula is C20H26N4O2S2. The number of anilines is 1. The van der Waals surface area contributed by atoms with Crippen molar-refractivity contribution in [1.82, 2.24) is 15.2 Å². The average molecular weight is 419 g/mol. The number of thiazole rings is 1. The van der Waals surface area contributed by atoms with Gasteiger partial charge < -0.3 is 15.1 Å². The van der Waals surface area contributed by atoms with Crippen LogP contribution in [-0.4, -0.2) is 47.9 Å². The summed E-state index contributed by atoms with van der Waals surface area (Å²) < 4.78 is 0. The van der Waals surface area contributed by atoms with E-state index in [-0.39, 0.29) is 17.7 Å². The van der Waals surface area contributed by atoms with E-state index >= 15 is 0 Å². The van der Waals surface area contributed by atoms with Gasteiger partial charge in [-0.15, -0.1) is 22.7 Å². The summed E-state index contributed by atoms with van der Waals surface area (Å²) in [7, 11) is 0. The van der Waals surface area contributed by atoms with Crippen molar-refractivity contribution in [2.75, 3.05) is 31.1 Å². The maximum absolute atomic E-state index is 12.6. The number of amides is 2. The summed E-state index contributed by atoms with van der Waals surface area (Å²) in [5, 5.41) is 6.17. The number of aromatic nitrogens is 1. The summed E-state index contributed by atoms with van der Waals surface area (Å²) in [6.07, 6.45) is 3.10. The number of nitrogens with zero attached hydrogens (tertiary/aromatic N) is 3. The Hall–Kier alpha value is -1.93. The van der Waals surface area contributed by atoms with Crippen molar-refractivity contribution in [2.45, 2.75) is 39.2 Å². The zero-order chi connectivity index (χ0) is 19.5. The molecule has 150 valence electrons. The van der Waals surface area contributed by atoms with E-state index < -0.39 is 0 Å². The standard InChI is InChI=1S/C20H26N4O2S2/c1-2-18(25)23-7-9-24(10-8-23)20-22-16-6-5-14(12-17(16)28-20)19(26)21-13-15-4-3-11-27-15/h3-4,11,14H,2,5-10,12-13H2,1H3,(H,21,26)/t14-/m1/s1. The number of thiophene rings is 1. The molecule has 0 bridgehead atoms. The molecule has 1 aliphatic carbocycles. The van der Waals surface area contributed by atoms with Gasteiger partial charge in [-0.1, -0.05) is 13.0 Å². The molecule has 2 aromatic rings. The summed E-state index contributed by atoms with van der Waals surface area (Å²) in [6, 6.07) is 4.06. The van der Waals surface area contributed by atoms with Gasteiger partial charge in [0.25, 0.3) is 0 Å². The number of piperazine rings is 1. The van der Waals surface area contributed by atoms with Crippen molar-refractivity contribution in [1.29, 1.82) is 0 Å². The first-order chi connectivity index (χ1) is 13.6. The summed E-state index contributed by atoms with van der Waals surface area (Å²) in [6.45, 7) is 5.74. The van der Waals surface area contributed by atoms with E-state index in [0.29, 0.717) is 13.0 Å². The van der Waals surface area contributed by atoms with Gasteiger partial charge in [-0.05, 0) is 30.7 Å². The molecular weight excluding hydrogens is 392 g/mol. The monoisotopic (exact) mass is 418 g/mol. The van der Waals surface area contributed by atoms with E-state index in [4.69, 9.17) is 4.98 Å². The summed E-state index contributed by atoms with van der Waals surface area (Å²) in [4.78, 5) is 35.9. The highest BCUT2D eigenvalue weighted by molar-refractivity contribution is 7.15. The molecule has 2 amide bonds. The van der Waals surface area contributed by atoms with E-state index in [1.54, 1.807) is 22.7 Å². The van der Waals surface area contributed by atoms with Crippen LogP contribution >= 0.6 is 22.7 Å². The third kappa shape index (κ3) is 4.22. The molecule has 3 heterocycles. The minimum Gasteiger partial charge on any atom is -0.351 e. The van der Waals surface area contributed by atoms with E-state index in [0.717, 1.165) is 56.3 Å². The second-order valence-electron chi connectivity index (χ2n) is 7.32. The fraction of sp³-hybridized carbons (Fsp3) is 0.550. The van der Waals surface area contributed by atoms with Crippen LogP contribution in [-0.2, 0) is 29.0 Å². The zero-order valence-corrected chi connectivity index (χ0v) is 17.8. The predicted octanol–water partition coefficient (Wildman–Crippen LogP) is 2.68. The highest BCUT2D eigenvalue weighted by Crippen LogP contribution is 2.34. The molecule has 8 heteroatoms. The van der Waals surface area contributed by atoms with Gasteiger partial charge in [-0.25, -0.2) is 4.98 Å².